The average molecular weight is 359 g/mol. The third-order valence-corrected chi connectivity index (χ3v) is 5.52. The van der Waals surface area contributed by atoms with Crippen LogP contribution in [0.5, 0.6) is 5.75 Å². The fraction of sp³-hybridized carbons (Fsp3) is 0.474. The van der Waals surface area contributed by atoms with Crippen LogP contribution in [0.25, 0.3) is 0 Å². The number of piperidine rings is 1. The van der Waals surface area contributed by atoms with Crippen LogP contribution in [0.15, 0.2) is 35.8 Å². The van der Waals surface area contributed by atoms with Gasteiger partial charge >= 0.3 is 0 Å². The number of hydrogen-bond donors (Lipinski definition) is 1. The average Bonchev–Trinajstić information content (AvgIpc) is 3.19. The molecule has 3 rings (SSSR count). The molecule has 1 aromatic heterocycles. The standard InChI is InChI=1S/C19H25N3O2S/c1-24-17-8-3-2-6-15(17)14-21-18(23)9-12-22-11-5-4-7-16(22)19-20-10-13-25-19/h2-3,6,8,10,13,16H,4-5,7,9,11-12,14H2,1H3,(H,21,23). The minimum Gasteiger partial charge on any atom is -0.496 e. The number of nitrogens with zero attached hydrogens (tertiary/aromatic N) is 2. The van der Waals surface area contributed by atoms with E-state index in [4.69, 9.17) is 4.74 Å². The molecule has 5 nitrogen and oxygen atoms in total. The highest BCUT2D eigenvalue weighted by Gasteiger charge is 2.25. The molecule has 6 heteroatoms. The van der Waals surface area contributed by atoms with E-state index >= 15 is 0 Å². The van der Waals surface area contributed by atoms with Crippen molar-refractivity contribution in [2.75, 3.05) is 20.2 Å². The Bertz CT molecular complexity index is 675. The molecule has 1 atom stereocenters. The van der Waals surface area contributed by atoms with Crippen molar-refractivity contribution in [3.63, 3.8) is 0 Å². The zero-order valence-electron chi connectivity index (χ0n) is 14.6. The van der Waals surface area contributed by atoms with E-state index in [2.05, 4.69) is 15.2 Å². The molecule has 0 spiro atoms. The van der Waals surface area contributed by atoms with Gasteiger partial charge in [-0.2, -0.15) is 0 Å². The van der Waals surface area contributed by atoms with Crippen molar-refractivity contribution in [2.24, 2.45) is 0 Å². The second kappa shape index (κ2) is 8.97. The Morgan fingerprint density at radius 2 is 2.28 bits per heavy atom. The van der Waals surface area contributed by atoms with Crippen molar-refractivity contribution in [2.45, 2.75) is 38.3 Å². The van der Waals surface area contributed by atoms with Gasteiger partial charge in [0.25, 0.3) is 0 Å². The smallest absolute Gasteiger partial charge is 0.221 e. The molecule has 1 unspecified atom stereocenters. The van der Waals surface area contributed by atoms with Gasteiger partial charge in [0.15, 0.2) is 0 Å². The van der Waals surface area contributed by atoms with Gasteiger partial charge in [0.2, 0.25) is 5.91 Å². The van der Waals surface area contributed by atoms with Gasteiger partial charge < -0.3 is 10.1 Å². The van der Waals surface area contributed by atoms with Crippen molar-refractivity contribution >= 4 is 17.2 Å². The largest absolute Gasteiger partial charge is 0.496 e. The molecule has 25 heavy (non-hydrogen) atoms. The van der Waals surface area contributed by atoms with Crippen LogP contribution in [0.3, 0.4) is 0 Å². The minimum absolute atomic E-state index is 0.0781. The number of amides is 1. The number of thiazole rings is 1. The maximum Gasteiger partial charge on any atom is 0.221 e. The number of carbonyl (C=O) groups is 1. The molecule has 0 radical (unpaired) electrons. The Morgan fingerprint density at radius 1 is 1.40 bits per heavy atom. The first-order chi connectivity index (χ1) is 12.3. The zero-order valence-corrected chi connectivity index (χ0v) is 15.4. The molecule has 0 aliphatic carbocycles. The lowest BCUT2D eigenvalue weighted by atomic mass is 10.0. The van der Waals surface area contributed by atoms with Crippen LogP contribution in [0, 0.1) is 0 Å². The zero-order chi connectivity index (χ0) is 17.5. The first kappa shape index (κ1) is 17.9. The highest BCUT2D eigenvalue weighted by Crippen LogP contribution is 2.31. The third-order valence-electron chi connectivity index (χ3n) is 4.64. The molecule has 2 heterocycles. The van der Waals surface area contributed by atoms with Crippen LogP contribution >= 0.6 is 11.3 Å². The maximum absolute atomic E-state index is 12.3. The van der Waals surface area contributed by atoms with Crippen molar-refractivity contribution in [1.82, 2.24) is 15.2 Å². The number of benzene rings is 1. The third kappa shape index (κ3) is 4.80. The number of hydrogen-bond acceptors (Lipinski definition) is 5. The van der Waals surface area contributed by atoms with Gasteiger partial charge in [-0.05, 0) is 25.5 Å². The van der Waals surface area contributed by atoms with Gasteiger partial charge in [-0.15, -0.1) is 11.3 Å². The van der Waals surface area contributed by atoms with Gasteiger partial charge in [0.05, 0.1) is 13.2 Å². The predicted octanol–water partition coefficient (Wildman–Crippen LogP) is 3.39. The fourth-order valence-corrected chi connectivity index (χ4v) is 4.12. The lowest BCUT2D eigenvalue weighted by Gasteiger charge is -2.34. The molecule has 0 bridgehead atoms. The van der Waals surface area contributed by atoms with Gasteiger partial charge in [-0.25, -0.2) is 4.98 Å². The summed E-state index contributed by atoms with van der Waals surface area (Å²) in [6, 6.07) is 8.14. The Hall–Kier alpha value is -1.92. The number of rotatable bonds is 7. The summed E-state index contributed by atoms with van der Waals surface area (Å²) in [7, 11) is 1.65. The van der Waals surface area contributed by atoms with Gasteiger partial charge in [-0.3, -0.25) is 9.69 Å². The molecule has 1 amide bonds. The van der Waals surface area contributed by atoms with Gasteiger partial charge in [0, 0.05) is 36.7 Å². The Balaban J connectivity index is 1.49. The van der Waals surface area contributed by atoms with E-state index in [-0.39, 0.29) is 5.91 Å². The molecule has 1 saturated heterocycles. The molecule has 1 aliphatic rings. The first-order valence-electron chi connectivity index (χ1n) is 8.80. The molecule has 2 aromatic rings. The summed E-state index contributed by atoms with van der Waals surface area (Å²) in [6.45, 7) is 2.32. The highest BCUT2D eigenvalue weighted by atomic mass is 32.1. The lowest BCUT2D eigenvalue weighted by Crippen LogP contribution is -2.36. The number of carbonyl (C=O) groups excluding carboxylic acids is 1. The van der Waals surface area contributed by atoms with Crippen molar-refractivity contribution in [3.8, 4) is 5.75 Å². The molecule has 1 fully saturated rings. The Kier molecular flexibility index (Phi) is 6.42. The van der Waals surface area contributed by atoms with E-state index in [1.165, 1.54) is 17.8 Å². The van der Waals surface area contributed by atoms with Crippen molar-refractivity contribution in [3.05, 3.63) is 46.4 Å². The second-order valence-electron chi connectivity index (χ2n) is 6.26. The number of likely N-dealkylation sites (tertiary alicyclic amines) is 1. The molecular formula is C19H25N3O2S. The Morgan fingerprint density at radius 3 is 3.08 bits per heavy atom. The van der Waals surface area contributed by atoms with Crippen LogP contribution in [0.1, 0.15) is 42.3 Å². The molecule has 134 valence electrons. The number of aromatic nitrogens is 1. The molecular weight excluding hydrogens is 334 g/mol. The fourth-order valence-electron chi connectivity index (χ4n) is 3.31. The van der Waals surface area contributed by atoms with E-state index in [0.717, 1.165) is 30.8 Å². The molecule has 1 N–H and O–H groups in total. The summed E-state index contributed by atoms with van der Waals surface area (Å²) in [5.74, 6) is 0.886. The summed E-state index contributed by atoms with van der Waals surface area (Å²) in [4.78, 5) is 19.1. The number of nitrogens with one attached hydrogen (secondary N) is 1. The quantitative estimate of drug-likeness (QED) is 0.823. The topological polar surface area (TPSA) is 54.5 Å². The van der Waals surface area contributed by atoms with Crippen LogP contribution < -0.4 is 10.1 Å². The second-order valence-corrected chi connectivity index (χ2v) is 7.18. The summed E-state index contributed by atoms with van der Waals surface area (Å²) in [5.41, 5.74) is 0.997. The van der Waals surface area contributed by atoms with E-state index in [1.54, 1.807) is 18.4 Å². The summed E-state index contributed by atoms with van der Waals surface area (Å²) in [5, 5.41) is 6.21. The van der Waals surface area contributed by atoms with Gasteiger partial charge in [0.1, 0.15) is 10.8 Å². The summed E-state index contributed by atoms with van der Waals surface area (Å²) >= 11 is 1.71. The van der Waals surface area contributed by atoms with Crippen molar-refractivity contribution in [1.29, 1.82) is 0 Å². The lowest BCUT2D eigenvalue weighted by molar-refractivity contribution is -0.121. The highest BCUT2D eigenvalue weighted by molar-refractivity contribution is 7.09. The van der Waals surface area contributed by atoms with Crippen molar-refractivity contribution < 1.29 is 9.53 Å². The molecule has 1 aliphatic heterocycles. The van der Waals surface area contributed by atoms with E-state index in [1.807, 2.05) is 35.8 Å². The monoisotopic (exact) mass is 359 g/mol. The van der Waals surface area contributed by atoms with Crippen LogP contribution in [0.2, 0.25) is 0 Å². The van der Waals surface area contributed by atoms with Crippen LogP contribution in [-0.4, -0.2) is 36.0 Å². The number of para-hydroxylation sites is 1. The minimum atomic E-state index is 0.0781. The number of methoxy groups -OCH3 is 1. The molecule has 0 saturated carbocycles. The van der Waals surface area contributed by atoms with Crippen LogP contribution in [0.4, 0.5) is 0 Å². The number of ether oxygens (including phenoxy) is 1. The Labute approximate surface area is 153 Å². The first-order valence-corrected chi connectivity index (χ1v) is 9.68. The van der Waals surface area contributed by atoms with Gasteiger partial charge in [-0.1, -0.05) is 24.6 Å². The predicted molar refractivity (Wildman–Crippen MR) is 99.7 cm³/mol. The van der Waals surface area contributed by atoms with E-state index in [9.17, 15) is 4.79 Å². The maximum atomic E-state index is 12.3. The molecule has 1 aromatic carbocycles. The normalized spacial score (nSPS) is 18.0. The van der Waals surface area contributed by atoms with E-state index < -0.39 is 0 Å². The summed E-state index contributed by atoms with van der Waals surface area (Å²) in [6.07, 6.45) is 5.95. The van der Waals surface area contributed by atoms with Crippen LogP contribution in [-0.2, 0) is 11.3 Å². The SMILES string of the molecule is COc1ccccc1CNC(=O)CCN1CCCCC1c1nccs1. The summed E-state index contributed by atoms with van der Waals surface area (Å²) < 4.78 is 5.32. The van der Waals surface area contributed by atoms with E-state index in [0.29, 0.717) is 19.0 Å².